The smallest absolute Gasteiger partial charge is 0.110 e. The van der Waals surface area contributed by atoms with Crippen molar-refractivity contribution in [2.45, 2.75) is 63.3 Å². The zero-order chi connectivity index (χ0) is 16.8. The first kappa shape index (κ1) is 15.7. The van der Waals surface area contributed by atoms with Gasteiger partial charge in [-0.1, -0.05) is 49.6 Å². The lowest BCUT2D eigenvalue weighted by atomic mass is 9.88. The second-order valence-electron chi connectivity index (χ2n) is 7.04. The predicted octanol–water partition coefficient (Wildman–Crippen LogP) is 3.12. The molecule has 0 spiro atoms. The maximum atomic E-state index is 8.03. The molecule has 4 heteroatoms. The van der Waals surface area contributed by atoms with Gasteiger partial charge in [0, 0.05) is 26.5 Å². The summed E-state index contributed by atoms with van der Waals surface area (Å²) < 4.78 is 20.0. The van der Waals surface area contributed by atoms with E-state index < -0.39 is 5.60 Å². The van der Waals surface area contributed by atoms with E-state index in [9.17, 15) is 0 Å². The Hall–Kier alpha value is -0.835. The zero-order valence-electron chi connectivity index (χ0n) is 15.0. The summed E-state index contributed by atoms with van der Waals surface area (Å²) in [6, 6.07) is 10.4. The Morgan fingerprint density at radius 1 is 1.30 bits per heavy atom. The highest BCUT2D eigenvalue weighted by atomic mass is 16.5. The van der Waals surface area contributed by atoms with Crippen LogP contribution in [-0.2, 0) is 16.1 Å². The minimum absolute atomic E-state index is 0.179. The van der Waals surface area contributed by atoms with Crippen molar-refractivity contribution in [1.82, 2.24) is 4.90 Å². The molecule has 0 aromatic heterocycles. The zero-order valence-corrected chi connectivity index (χ0v) is 14.0. The van der Waals surface area contributed by atoms with Gasteiger partial charge in [-0.3, -0.25) is 4.90 Å². The first-order valence-corrected chi connectivity index (χ1v) is 8.79. The van der Waals surface area contributed by atoms with Gasteiger partial charge in [0.1, 0.15) is 13.4 Å². The highest BCUT2D eigenvalue weighted by molar-refractivity contribution is 6.11. The van der Waals surface area contributed by atoms with Crippen LogP contribution in [0.15, 0.2) is 30.3 Å². The van der Waals surface area contributed by atoms with E-state index in [1.165, 1.54) is 32.1 Å². The van der Waals surface area contributed by atoms with E-state index in [1.807, 2.05) is 18.2 Å². The molecule has 1 aromatic carbocycles. The van der Waals surface area contributed by atoms with Crippen LogP contribution in [0.4, 0.5) is 0 Å². The van der Waals surface area contributed by atoms with E-state index in [0.717, 1.165) is 18.7 Å². The highest BCUT2D eigenvalue weighted by Gasteiger charge is 2.38. The molecular formula is C19H28BNO2. The van der Waals surface area contributed by atoms with Crippen LogP contribution in [0, 0.1) is 0 Å². The van der Waals surface area contributed by atoms with Crippen LogP contribution in [0.5, 0.6) is 0 Å². The molecule has 1 aliphatic carbocycles. The highest BCUT2D eigenvalue weighted by Crippen LogP contribution is 2.29. The largest absolute Gasteiger partial charge is 0.377 e. The second kappa shape index (κ2) is 7.82. The number of hydrogen-bond donors (Lipinski definition) is 0. The molecule has 0 amide bonds. The summed E-state index contributed by atoms with van der Waals surface area (Å²) in [6.45, 7) is 2.67. The standard InChI is InChI=1S/C19H28BNO2/c1-19(15-22-13-16-8-4-2-5-9-16)14-21(12-18(20)23-19)17-10-6-3-7-11-17/h2,4-5,8-9,17-18H,3,6-7,10-15H2,1H3/t18-,19+/m1/s1/i1D. The molecule has 2 atom stereocenters. The van der Waals surface area contributed by atoms with E-state index in [4.69, 9.17) is 18.7 Å². The first-order chi connectivity index (χ1) is 11.7. The fraction of sp³-hybridized carbons (Fsp3) is 0.684. The Kier molecular flexibility index (Phi) is 5.33. The first-order valence-electron chi connectivity index (χ1n) is 9.50. The lowest BCUT2D eigenvalue weighted by Crippen LogP contribution is -2.59. The molecule has 23 heavy (non-hydrogen) atoms. The molecule has 1 saturated carbocycles. The van der Waals surface area contributed by atoms with Gasteiger partial charge >= 0.3 is 0 Å². The van der Waals surface area contributed by atoms with Gasteiger partial charge in [0.25, 0.3) is 0 Å². The summed E-state index contributed by atoms with van der Waals surface area (Å²) >= 11 is 0. The molecule has 1 aliphatic heterocycles. The number of morpholine rings is 1. The minimum Gasteiger partial charge on any atom is -0.377 e. The van der Waals surface area contributed by atoms with Gasteiger partial charge in [-0.15, -0.1) is 0 Å². The summed E-state index contributed by atoms with van der Waals surface area (Å²) in [4.78, 5) is 2.45. The van der Waals surface area contributed by atoms with Crippen LogP contribution in [0.3, 0.4) is 0 Å². The van der Waals surface area contributed by atoms with E-state index in [1.54, 1.807) is 0 Å². The Balaban J connectivity index is 1.59. The van der Waals surface area contributed by atoms with Gasteiger partial charge in [-0.05, 0) is 25.3 Å². The van der Waals surface area contributed by atoms with E-state index in [-0.39, 0.29) is 12.9 Å². The SMILES string of the molecule is [2H]C[C@@]1(COCc2ccccc2)CN(C2CCCCC2)C[C@H]([B])O1. The van der Waals surface area contributed by atoms with Crippen molar-refractivity contribution in [3.05, 3.63) is 35.9 Å². The average molecular weight is 314 g/mol. The van der Waals surface area contributed by atoms with Crippen LogP contribution in [0.25, 0.3) is 0 Å². The molecule has 1 aromatic rings. The second-order valence-corrected chi connectivity index (χ2v) is 7.04. The number of hydrogen-bond acceptors (Lipinski definition) is 3. The van der Waals surface area contributed by atoms with Crippen LogP contribution in [0.2, 0.25) is 0 Å². The molecular weight excluding hydrogens is 285 g/mol. The molecule has 2 radical (unpaired) electrons. The summed E-state index contributed by atoms with van der Waals surface area (Å²) in [6.07, 6.45) is 6.43. The predicted molar refractivity (Wildman–Crippen MR) is 93.6 cm³/mol. The maximum absolute atomic E-state index is 8.03. The third kappa shape index (κ3) is 4.82. The molecule has 2 aliphatic rings. The van der Waals surface area contributed by atoms with Crippen molar-refractivity contribution in [2.75, 3.05) is 19.7 Å². The minimum atomic E-state index is -0.607. The Morgan fingerprint density at radius 2 is 2.09 bits per heavy atom. The Morgan fingerprint density at radius 3 is 2.83 bits per heavy atom. The topological polar surface area (TPSA) is 21.7 Å². The molecule has 2 fully saturated rings. The number of rotatable bonds is 5. The van der Waals surface area contributed by atoms with Crippen LogP contribution >= 0.6 is 0 Å². The summed E-state index contributed by atoms with van der Waals surface area (Å²) in [5.41, 5.74) is 0.533. The van der Waals surface area contributed by atoms with Crippen LogP contribution in [0.1, 0.15) is 45.9 Å². The van der Waals surface area contributed by atoms with E-state index >= 15 is 0 Å². The summed E-state index contributed by atoms with van der Waals surface area (Å²) in [5.74, 6) is 0. The third-order valence-corrected chi connectivity index (χ3v) is 4.87. The van der Waals surface area contributed by atoms with E-state index in [2.05, 4.69) is 17.0 Å². The fourth-order valence-electron chi connectivity index (χ4n) is 3.79. The maximum Gasteiger partial charge on any atom is 0.110 e. The molecule has 0 N–H and O–H groups in total. The van der Waals surface area contributed by atoms with Crippen molar-refractivity contribution in [1.29, 1.82) is 0 Å². The van der Waals surface area contributed by atoms with Crippen molar-refractivity contribution < 1.29 is 10.8 Å². The lowest BCUT2D eigenvalue weighted by molar-refractivity contribution is -0.159. The monoisotopic (exact) mass is 314 g/mol. The normalized spacial score (nSPS) is 31.0. The van der Waals surface area contributed by atoms with Gasteiger partial charge < -0.3 is 9.47 Å². The van der Waals surface area contributed by atoms with Gasteiger partial charge in [0.15, 0.2) is 0 Å². The Bertz CT molecular complexity index is 497. The summed E-state index contributed by atoms with van der Waals surface area (Å²) in [7, 11) is 6.16. The molecule has 0 bridgehead atoms. The van der Waals surface area contributed by atoms with Crippen LogP contribution < -0.4 is 0 Å². The van der Waals surface area contributed by atoms with Crippen molar-refractivity contribution in [3.63, 3.8) is 0 Å². The molecule has 1 heterocycles. The summed E-state index contributed by atoms with van der Waals surface area (Å²) in [5, 5.41) is 0. The average Bonchev–Trinajstić information content (AvgIpc) is 2.63. The van der Waals surface area contributed by atoms with Crippen molar-refractivity contribution in [3.8, 4) is 0 Å². The van der Waals surface area contributed by atoms with E-state index in [0.29, 0.717) is 19.3 Å². The van der Waals surface area contributed by atoms with Crippen molar-refractivity contribution >= 4 is 7.85 Å². The molecule has 1 saturated heterocycles. The fourth-order valence-corrected chi connectivity index (χ4v) is 3.79. The molecule has 3 nitrogen and oxygen atoms in total. The number of nitrogens with zero attached hydrogens (tertiary/aromatic N) is 1. The van der Waals surface area contributed by atoms with Crippen LogP contribution in [-0.4, -0.2) is 50.1 Å². The van der Waals surface area contributed by atoms with Gasteiger partial charge in [-0.2, -0.15) is 0 Å². The van der Waals surface area contributed by atoms with Gasteiger partial charge in [0.2, 0.25) is 0 Å². The quantitative estimate of drug-likeness (QED) is 0.780. The molecule has 124 valence electrons. The Labute approximate surface area is 143 Å². The van der Waals surface area contributed by atoms with Gasteiger partial charge in [0.05, 0.1) is 13.2 Å². The van der Waals surface area contributed by atoms with Crippen molar-refractivity contribution in [2.24, 2.45) is 0 Å². The third-order valence-electron chi connectivity index (χ3n) is 4.87. The lowest BCUT2D eigenvalue weighted by Gasteiger charge is -2.47. The van der Waals surface area contributed by atoms with Gasteiger partial charge in [-0.25, -0.2) is 0 Å². The molecule has 0 unspecified atom stereocenters. The molecule has 3 rings (SSSR count). The number of benzene rings is 1. The number of ether oxygens (including phenoxy) is 2.